The van der Waals surface area contributed by atoms with E-state index < -0.39 is 5.82 Å². The molecule has 2 N–H and O–H groups in total. The first kappa shape index (κ1) is 14.5. The molecule has 0 aliphatic carbocycles. The molecule has 2 aromatic carbocycles. The molecule has 5 heteroatoms. The van der Waals surface area contributed by atoms with Crippen LogP contribution in [0.2, 0.25) is 0 Å². The molecule has 0 spiro atoms. The summed E-state index contributed by atoms with van der Waals surface area (Å²) in [6, 6.07) is 9.82. The fourth-order valence-electron chi connectivity index (χ4n) is 1.86. The SMILES string of the molecule is CNc1ccc(C(=O)Nc2ccc(Br)c(F)c2)cc1C. The van der Waals surface area contributed by atoms with Crippen molar-refractivity contribution in [3.63, 3.8) is 0 Å². The predicted molar refractivity (Wildman–Crippen MR) is 82.8 cm³/mol. The first-order valence-electron chi connectivity index (χ1n) is 6.06. The Morgan fingerprint density at radius 2 is 1.95 bits per heavy atom. The average molecular weight is 337 g/mol. The van der Waals surface area contributed by atoms with Gasteiger partial charge >= 0.3 is 0 Å². The van der Waals surface area contributed by atoms with Gasteiger partial charge in [0.25, 0.3) is 5.91 Å². The summed E-state index contributed by atoms with van der Waals surface area (Å²) in [7, 11) is 1.83. The van der Waals surface area contributed by atoms with Crippen LogP contribution < -0.4 is 10.6 Å². The van der Waals surface area contributed by atoms with Crippen molar-refractivity contribution in [1.29, 1.82) is 0 Å². The van der Waals surface area contributed by atoms with E-state index in [1.165, 1.54) is 6.07 Å². The van der Waals surface area contributed by atoms with Gasteiger partial charge in [-0.1, -0.05) is 0 Å². The molecule has 0 aliphatic heterocycles. The van der Waals surface area contributed by atoms with Crippen LogP contribution in [0.1, 0.15) is 15.9 Å². The summed E-state index contributed by atoms with van der Waals surface area (Å²) < 4.78 is 13.8. The molecule has 0 atom stereocenters. The Kier molecular flexibility index (Phi) is 4.39. The number of amides is 1. The molecular weight excluding hydrogens is 323 g/mol. The monoisotopic (exact) mass is 336 g/mol. The van der Waals surface area contributed by atoms with Crippen LogP contribution in [0.15, 0.2) is 40.9 Å². The number of carbonyl (C=O) groups excluding carboxylic acids is 1. The number of halogens is 2. The van der Waals surface area contributed by atoms with Crippen molar-refractivity contribution >= 4 is 33.2 Å². The summed E-state index contributed by atoms with van der Waals surface area (Å²) >= 11 is 3.07. The summed E-state index contributed by atoms with van der Waals surface area (Å²) in [5.41, 5.74) is 2.90. The number of aryl methyl sites for hydroxylation is 1. The highest BCUT2D eigenvalue weighted by molar-refractivity contribution is 9.10. The van der Waals surface area contributed by atoms with Gasteiger partial charge in [-0.15, -0.1) is 0 Å². The van der Waals surface area contributed by atoms with Crippen LogP contribution in [0.25, 0.3) is 0 Å². The topological polar surface area (TPSA) is 41.1 Å². The van der Waals surface area contributed by atoms with Gasteiger partial charge in [0.2, 0.25) is 0 Å². The van der Waals surface area contributed by atoms with Crippen LogP contribution in [-0.2, 0) is 0 Å². The van der Waals surface area contributed by atoms with Gasteiger partial charge in [0.1, 0.15) is 5.82 Å². The molecule has 0 bridgehead atoms. The normalized spacial score (nSPS) is 10.2. The molecule has 0 heterocycles. The van der Waals surface area contributed by atoms with Gasteiger partial charge in [0.15, 0.2) is 0 Å². The Bertz CT molecular complexity index is 658. The van der Waals surface area contributed by atoms with E-state index in [2.05, 4.69) is 26.6 Å². The molecule has 0 fully saturated rings. The van der Waals surface area contributed by atoms with Crippen molar-refractivity contribution in [3.05, 3.63) is 57.8 Å². The highest BCUT2D eigenvalue weighted by atomic mass is 79.9. The maximum absolute atomic E-state index is 13.4. The molecule has 0 radical (unpaired) electrons. The number of anilines is 2. The van der Waals surface area contributed by atoms with Gasteiger partial charge < -0.3 is 10.6 Å². The Hall–Kier alpha value is -1.88. The number of hydrogen-bond donors (Lipinski definition) is 2. The number of hydrogen-bond acceptors (Lipinski definition) is 2. The highest BCUT2D eigenvalue weighted by Gasteiger charge is 2.09. The van der Waals surface area contributed by atoms with Crippen molar-refractivity contribution in [3.8, 4) is 0 Å². The molecular formula is C15H14BrFN2O. The van der Waals surface area contributed by atoms with E-state index in [1.807, 2.05) is 20.0 Å². The van der Waals surface area contributed by atoms with Crippen molar-refractivity contribution < 1.29 is 9.18 Å². The third-order valence-corrected chi connectivity index (χ3v) is 3.58. The van der Waals surface area contributed by atoms with E-state index in [1.54, 1.807) is 24.3 Å². The fraction of sp³-hybridized carbons (Fsp3) is 0.133. The Morgan fingerprint density at radius 3 is 2.55 bits per heavy atom. The zero-order valence-electron chi connectivity index (χ0n) is 11.1. The molecule has 0 aromatic heterocycles. The number of nitrogens with one attached hydrogen (secondary N) is 2. The first-order chi connectivity index (χ1) is 9.51. The van der Waals surface area contributed by atoms with Gasteiger partial charge in [-0.2, -0.15) is 0 Å². The third-order valence-electron chi connectivity index (χ3n) is 2.94. The van der Waals surface area contributed by atoms with Gasteiger partial charge in [-0.3, -0.25) is 4.79 Å². The first-order valence-corrected chi connectivity index (χ1v) is 6.85. The minimum atomic E-state index is -0.412. The highest BCUT2D eigenvalue weighted by Crippen LogP contribution is 2.21. The van der Waals surface area contributed by atoms with Crippen LogP contribution in [0.3, 0.4) is 0 Å². The van der Waals surface area contributed by atoms with Gasteiger partial charge in [-0.25, -0.2) is 4.39 Å². The molecule has 0 aliphatic rings. The van der Waals surface area contributed by atoms with E-state index in [-0.39, 0.29) is 5.91 Å². The Balaban J connectivity index is 2.19. The molecule has 2 aromatic rings. The number of rotatable bonds is 3. The quantitative estimate of drug-likeness (QED) is 0.882. The number of benzene rings is 2. The van der Waals surface area contributed by atoms with E-state index in [4.69, 9.17) is 0 Å². The summed E-state index contributed by atoms with van der Waals surface area (Å²) in [4.78, 5) is 12.1. The largest absolute Gasteiger partial charge is 0.388 e. The summed E-state index contributed by atoms with van der Waals surface area (Å²) in [5.74, 6) is -0.679. The smallest absolute Gasteiger partial charge is 0.255 e. The second-order valence-electron chi connectivity index (χ2n) is 4.36. The molecule has 20 heavy (non-hydrogen) atoms. The molecule has 104 valence electrons. The lowest BCUT2D eigenvalue weighted by molar-refractivity contribution is 0.102. The van der Waals surface area contributed by atoms with E-state index in [0.717, 1.165) is 11.3 Å². The second-order valence-corrected chi connectivity index (χ2v) is 5.22. The van der Waals surface area contributed by atoms with Crippen LogP contribution in [-0.4, -0.2) is 13.0 Å². The zero-order valence-corrected chi connectivity index (χ0v) is 12.7. The lowest BCUT2D eigenvalue weighted by atomic mass is 10.1. The zero-order chi connectivity index (χ0) is 14.7. The van der Waals surface area contributed by atoms with Gasteiger partial charge in [0, 0.05) is 24.0 Å². The van der Waals surface area contributed by atoms with E-state index in [0.29, 0.717) is 15.7 Å². The van der Waals surface area contributed by atoms with Crippen molar-refractivity contribution in [2.45, 2.75) is 6.92 Å². The summed E-state index contributed by atoms with van der Waals surface area (Å²) in [6.07, 6.45) is 0. The second kappa shape index (κ2) is 6.05. The van der Waals surface area contributed by atoms with Crippen LogP contribution in [0.5, 0.6) is 0 Å². The Morgan fingerprint density at radius 1 is 1.20 bits per heavy atom. The maximum atomic E-state index is 13.4. The van der Waals surface area contributed by atoms with Crippen LogP contribution in [0, 0.1) is 12.7 Å². The van der Waals surface area contributed by atoms with Crippen molar-refractivity contribution in [2.24, 2.45) is 0 Å². The molecule has 0 saturated carbocycles. The Labute approximate surface area is 125 Å². The minimum absolute atomic E-state index is 0.266. The molecule has 3 nitrogen and oxygen atoms in total. The molecule has 0 unspecified atom stereocenters. The van der Waals surface area contributed by atoms with Crippen LogP contribution in [0.4, 0.5) is 15.8 Å². The minimum Gasteiger partial charge on any atom is -0.388 e. The van der Waals surface area contributed by atoms with Gasteiger partial charge in [0.05, 0.1) is 4.47 Å². The number of carbonyl (C=O) groups is 1. The molecule has 2 rings (SSSR count). The van der Waals surface area contributed by atoms with E-state index in [9.17, 15) is 9.18 Å². The third kappa shape index (κ3) is 3.17. The summed E-state index contributed by atoms with van der Waals surface area (Å²) in [5, 5.41) is 5.71. The lowest BCUT2D eigenvalue weighted by Crippen LogP contribution is -2.12. The average Bonchev–Trinajstić information content (AvgIpc) is 2.42. The molecule has 1 amide bonds. The summed E-state index contributed by atoms with van der Waals surface area (Å²) in [6.45, 7) is 1.92. The molecule has 0 saturated heterocycles. The lowest BCUT2D eigenvalue weighted by Gasteiger charge is -2.09. The standard InChI is InChI=1S/C15H14BrFN2O/c1-9-7-10(3-6-14(9)18-2)15(20)19-11-4-5-12(16)13(17)8-11/h3-8,18H,1-2H3,(H,19,20). The van der Waals surface area contributed by atoms with Gasteiger partial charge in [-0.05, 0) is 64.8 Å². The van der Waals surface area contributed by atoms with Crippen molar-refractivity contribution in [2.75, 3.05) is 17.7 Å². The maximum Gasteiger partial charge on any atom is 0.255 e. The van der Waals surface area contributed by atoms with Crippen LogP contribution >= 0.6 is 15.9 Å². The fourth-order valence-corrected chi connectivity index (χ4v) is 2.11. The van der Waals surface area contributed by atoms with Crippen molar-refractivity contribution in [1.82, 2.24) is 0 Å². The van der Waals surface area contributed by atoms with E-state index >= 15 is 0 Å². The predicted octanol–water partition coefficient (Wildman–Crippen LogP) is 4.19.